The fraction of sp³-hybridized carbons (Fsp3) is 0.667. The second-order valence-corrected chi connectivity index (χ2v) is 7.37. The first-order valence-electron chi connectivity index (χ1n) is 4.76. The Balaban J connectivity index is 2.28. The molecule has 0 aromatic carbocycles. The number of sulfonamides is 1. The lowest BCUT2D eigenvalue weighted by Crippen LogP contribution is -2.40. The van der Waals surface area contributed by atoms with Crippen LogP contribution >= 0.6 is 0 Å². The Morgan fingerprint density at radius 1 is 1.40 bits per heavy atom. The smallest absolute Gasteiger partial charge is 0.219 e. The van der Waals surface area contributed by atoms with Gasteiger partial charge in [-0.3, -0.25) is 5.10 Å². The molecule has 0 aliphatic carbocycles. The zero-order valence-electron chi connectivity index (χ0n) is 9.03. The molecule has 2 rings (SSSR count). The average molecular weight is 228 g/mol. The SMILES string of the molecule is CC(C)(C)S(=O)(=O)N1Cc2[c]n[nH]c2C1. The van der Waals surface area contributed by atoms with E-state index in [-0.39, 0.29) is 0 Å². The van der Waals surface area contributed by atoms with E-state index in [1.165, 1.54) is 4.31 Å². The molecule has 1 aliphatic rings. The summed E-state index contributed by atoms with van der Waals surface area (Å²) in [6.45, 7) is 5.88. The Morgan fingerprint density at radius 3 is 2.60 bits per heavy atom. The van der Waals surface area contributed by atoms with E-state index in [0.29, 0.717) is 13.1 Å². The van der Waals surface area contributed by atoms with Gasteiger partial charge in [0.1, 0.15) is 6.20 Å². The summed E-state index contributed by atoms with van der Waals surface area (Å²) in [4.78, 5) is 0. The third-order valence-electron chi connectivity index (χ3n) is 2.53. The van der Waals surface area contributed by atoms with Gasteiger partial charge >= 0.3 is 0 Å². The summed E-state index contributed by atoms with van der Waals surface area (Å²) in [5, 5.41) is 6.51. The maximum Gasteiger partial charge on any atom is 0.219 e. The summed E-state index contributed by atoms with van der Waals surface area (Å²) in [5.41, 5.74) is 1.70. The van der Waals surface area contributed by atoms with Crippen molar-refractivity contribution < 1.29 is 8.42 Å². The van der Waals surface area contributed by atoms with Gasteiger partial charge in [-0.2, -0.15) is 9.40 Å². The first-order chi connectivity index (χ1) is 6.82. The molecule has 1 aromatic rings. The monoisotopic (exact) mass is 228 g/mol. The Hall–Kier alpha value is -0.880. The zero-order valence-corrected chi connectivity index (χ0v) is 9.85. The molecule has 0 atom stereocenters. The van der Waals surface area contributed by atoms with E-state index in [1.807, 2.05) is 0 Å². The summed E-state index contributed by atoms with van der Waals surface area (Å²) < 4.78 is 24.9. The Labute approximate surface area is 89.5 Å². The number of H-pyrrole nitrogens is 1. The predicted octanol–water partition coefficient (Wildman–Crippen LogP) is 0.654. The summed E-state index contributed by atoms with van der Waals surface area (Å²) in [6.07, 6.45) is 2.76. The molecule has 0 amide bonds. The van der Waals surface area contributed by atoms with Gasteiger partial charge in [-0.15, -0.1) is 0 Å². The van der Waals surface area contributed by atoms with Gasteiger partial charge in [0.2, 0.25) is 10.0 Å². The highest BCUT2D eigenvalue weighted by molar-refractivity contribution is 7.90. The van der Waals surface area contributed by atoms with Crippen LogP contribution in [0, 0.1) is 6.20 Å². The standard InChI is InChI=1S/C9H14N3O2S/c1-9(2,3)15(13,14)12-5-7-4-10-11-8(7)6-12/h5-6H2,1-3H3,(H,10,11). The van der Waals surface area contributed by atoms with Crippen molar-refractivity contribution in [1.29, 1.82) is 0 Å². The van der Waals surface area contributed by atoms with Crippen LogP contribution in [0.1, 0.15) is 32.0 Å². The molecule has 1 radical (unpaired) electrons. The lowest BCUT2D eigenvalue weighted by Gasteiger charge is -2.26. The van der Waals surface area contributed by atoms with E-state index in [4.69, 9.17) is 0 Å². The van der Waals surface area contributed by atoms with E-state index < -0.39 is 14.8 Å². The van der Waals surface area contributed by atoms with Gasteiger partial charge in [0.05, 0.1) is 17.0 Å². The molecule has 1 aliphatic heterocycles. The predicted molar refractivity (Wildman–Crippen MR) is 55.3 cm³/mol. The second kappa shape index (κ2) is 3.05. The lowest BCUT2D eigenvalue weighted by atomic mass is 10.3. The molecule has 0 spiro atoms. The maximum absolute atomic E-state index is 12.1. The van der Waals surface area contributed by atoms with Crippen LogP contribution in [0.15, 0.2) is 0 Å². The minimum atomic E-state index is -3.25. The molecule has 83 valence electrons. The van der Waals surface area contributed by atoms with Gasteiger partial charge in [-0.05, 0) is 20.8 Å². The third kappa shape index (κ3) is 1.57. The molecule has 0 fully saturated rings. The van der Waals surface area contributed by atoms with E-state index in [1.54, 1.807) is 20.8 Å². The van der Waals surface area contributed by atoms with Crippen molar-refractivity contribution in [3.8, 4) is 0 Å². The minimum absolute atomic E-state index is 0.380. The number of nitrogens with one attached hydrogen (secondary N) is 1. The Kier molecular flexibility index (Phi) is 2.16. The summed E-state index contributed by atoms with van der Waals surface area (Å²) in [5.74, 6) is 0. The van der Waals surface area contributed by atoms with Crippen molar-refractivity contribution in [2.24, 2.45) is 0 Å². The average Bonchev–Trinajstić information content (AvgIpc) is 2.57. The number of aromatic amines is 1. The topological polar surface area (TPSA) is 66.1 Å². The summed E-state index contributed by atoms with van der Waals surface area (Å²) in [7, 11) is -3.25. The molecule has 0 saturated heterocycles. The van der Waals surface area contributed by atoms with Crippen molar-refractivity contribution in [2.75, 3.05) is 0 Å². The molecule has 15 heavy (non-hydrogen) atoms. The molecule has 0 saturated carbocycles. The molecular weight excluding hydrogens is 214 g/mol. The van der Waals surface area contributed by atoms with Crippen molar-refractivity contribution >= 4 is 10.0 Å². The minimum Gasteiger partial charge on any atom is -0.280 e. The van der Waals surface area contributed by atoms with Gasteiger partial charge in [0.15, 0.2) is 0 Å². The fourth-order valence-corrected chi connectivity index (χ4v) is 2.90. The highest BCUT2D eigenvalue weighted by Gasteiger charge is 2.38. The van der Waals surface area contributed by atoms with Crippen LogP contribution in [-0.2, 0) is 23.1 Å². The molecule has 1 N–H and O–H groups in total. The highest BCUT2D eigenvalue weighted by Crippen LogP contribution is 2.28. The highest BCUT2D eigenvalue weighted by atomic mass is 32.2. The van der Waals surface area contributed by atoms with Gasteiger partial charge in [-0.25, -0.2) is 8.42 Å². The number of nitrogens with zero attached hydrogens (tertiary/aromatic N) is 2. The summed E-state index contributed by atoms with van der Waals surface area (Å²) in [6, 6.07) is 0. The van der Waals surface area contributed by atoms with Gasteiger partial charge in [0.25, 0.3) is 0 Å². The third-order valence-corrected chi connectivity index (χ3v) is 5.01. The van der Waals surface area contributed by atoms with E-state index >= 15 is 0 Å². The van der Waals surface area contributed by atoms with E-state index in [2.05, 4.69) is 16.4 Å². The molecule has 2 heterocycles. The van der Waals surface area contributed by atoms with Crippen LogP contribution in [-0.4, -0.2) is 27.7 Å². The van der Waals surface area contributed by atoms with Crippen LogP contribution in [0.2, 0.25) is 0 Å². The number of hydrogen-bond donors (Lipinski definition) is 1. The first kappa shape index (κ1) is 10.6. The van der Waals surface area contributed by atoms with Crippen molar-refractivity contribution in [3.63, 3.8) is 0 Å². The second-order valence-electron chi connectivity index (χ2n) is 4.68. The number of hydrogen-bond acceptors (Lipinski definition) is 3. The van der Waals surface area contributed by atoms with Gasteiger partial charge in [0, 0.05) is 12.1 Å². The molecular formula is C9H14N3O2S. The van der Waals surface area contributed by atoms with Crippen molar-refractivity contribution in [2.45, 2.75) is 38.6 Å². The van der Waals surface area contributed by atoms with Crippen molar-refractivity contribution in [3.05, 3.63) is 17.5 Å². The molecule has 6 heteroatoms. The van der Waals surface area contributed by atoms with Gasteiger partial charge in [-0.1, -0.05) is 0 Å². The molecule has 0 bridgehead atoms. The van der Waals surface area contributed by atoms with Gasteiger partial charge < -0.3 is 0 Å². The number of fused-ring (bicyclic) bond motifs is 1. The number of aromatic nitrogens is 2. The molecule has 1 aromatic heterocycles. The maximum atomic E-state index is 12.1. The largest absolute Gasteiger partial charge is 0.280 e. The summed E-state index contributed by atoms with van der Waals surface area (Å²) >= 11 is 0. The molecule has 0 unspecified atom stereocenters. The Bertz CT molecular complexity index is 449. The van der Waals surface area contributed by atoms with E-state index in [0.717, 1.165) is 11.3 Å². The first-order valence-corrected chi connectivity index (χ1v) is 6.20. The van der Waals surface area contributed by atoms with E-state index in [9.17, 15) is 8.42 Å². The fourth-order valence-electron chi connectivity index (χ4n) is 1.53. The van der Waals surface area contributed by atoms with Crippen LogP contribution < -0.4 is 0 Å². The van der Waals surface area contributed by atoms with Crippen molar-refractivity contribution in [1.82, 2.24) is 14.5 Å². The lowest BCUT2D eigenvalue weighted by molar-refractivity contribution is 0.407. The molecule has 5 nitrogen and oxygen atoms in total. The van der Waals surface area contributed by atoms with Crippen LogP contribution in [0.25, 0.3) is 0 Å². The quantitative estimate of drug-likeness (QED) is 0.767. The zero-order chi connectivity index (χ0) is 11.3. The van der Waals surface area contributed by atoms with Crippen LogP contribution in [0.3, 0.4) is 0 Å². The van der Waals surface area contributed by atoms with Crippen LogP contribution in [0.4, 0.5) is 0 Å². The Morgan fingerprint density at radius 2 is 2.07 bits per heavy atom. The normalized spacial score (nSPS) is 18.1. The number of rotatable bonds is 1. The van der Waals surface area contributed by atoms with Crippen LogP contribution in [0.5, 0.6) is 0 Å².